The van der Waals surface area contributed by atoms with Crippen LogP contribution in [0.15, 0.2) is 30.3 Å². The van der Waals surface area contributed by atoms with E-state index in [1.165, 1.54) is 5.56 Å². The highest BCUT2D eigenvalue weighted by Crippen LogP contribution is 2.03. The lowest BCUT2D eigenvalue weighted by Crippen LogP contribution is -2.23. The zero-order chi connectivity index (χ0) is 11.1. The van der Waals surface area contributed by atoms with Crippen molar-refractivity contribution in [1.29, 1.82) is 0 Å². The summed E-state index contributed by atoms with van der Waals surface area (Å²) in [6, 6.07) is 10.6. The number of alkyl halides is 1. The molecule has 1 rings (SSSR count). The van der Waals surface area contributed by atoms with E-state index in [4.69, 9.17) is 11.6 Å². The first-order chi connectivity index (χ1) is 7.18. The standard InChI is InChI=1S/C13H20ClN/c1-12(14)8-10-15(2)11-9-13-6-4-3-5-7-13/h3-7,12H,8-11H2,1-2H3. The van der Waals surface area contributed by atoms with Gasteiger partial charge in [-0.1, -0.05) is 30.3 Å². The van der Waals surface area contributed by atoms with Gasteiger partial charge in [0, 0.05) is 11.9 Å². The lowest BCUT2D eigenvalue weighted by atomic mass is 10.1. The minimum atomic E-state index is 0.282. The molecule has 1 atom stereocenters. The van der Waals surface area contributed by atoms with E-state index < -0.39 is 0 Å². The van der Waals surface area contributed by atoms with E-state index in [0.717, 1.165) is 25.9 Å². The summed E-state index contributed by atoms with van der Waals surface area (Å²) in [6.07, 6.45) is 2.18. The van der Waals surface area contributed by atoms with E-state index in [2.05, 4.69) is 42.3 Å². The molecule has 0 aliphatic rings. The molecule has 0 saturated heterocycles. The Morgan fingerprint density at radius 2 is 1.87 bits per heavy atom. The molecule has 0 amide bonds. The largest absolute Gasteiger partial charge is 0.306 e. The van der Waals surface area contributed by atoms with E-state index in [9.17, 15) is 0 Å². The van der Waals surface area contributed by atoms with Gasteiger partial charge in [-0.2, -0.15) is 0 Å². The Morgan fingerprint density at radius 1 is 1.20 bits per heavy atom. The van der Waals surface area contributed by atoms with Crippen molar-refractivity contribution < 1.29 is 0 Å². The van der Waals surface area contributed by atoms with Crippen molar-refractivity contribution >= 4 is 11.6 Å². The maximum atomic E-state index is 5.91. The average Bonchev–Trinajstić information content (AvgIpc) is 2.25. The molecule has 15 heavy (non-hydrogen) atoms. The maximum absolute atomic E-state index is 5.91. The fraction of sp³-hybridized carbons (Fsp3) is 0.538. The van der Waals surface area contributed by atoms with Crippen molar-refractivity contribution in [3.8, 4) is 0 Å². The smallest absolute Gasteiger partial charge is 0.0320 e. The summed E-state index contributed by atoms with van der Waals surface area (Å²) in [6.45, 7) is 4.23. The molecule has 0 aromatic heterocycles. The summed E-state index contributed by atoms with van der Waals surface area (Å²) in [5, 5.41) is 0.282. The number of likely N-dealkylation sites (N-methyl/N-ethyl adjacent to an activating group) is 1. The zero-order valence-corrected chi connectivity index (χ0v) is 10.4. The third kappa shape index (κ3) is 5.81. The van der Waals surface area contributed by atoms with Gasteiger partial charge >= 0.3 is 0 Å². The SMILES string of the molecule is CC(Cl)CCN(C)CCc1ccccc1. The molecular weight excluding hydrogens is 206 g/mol. The quantitative estimate of drug-likeness (QED) is 0.673. The molecule has 84 valence electrons. The van der Waals surface area contributed by atoms with Gasteiger partial charge < -0.3 is 4.90 Å². The number of rotatable bonds is 6. The average molecular weight is 226 g/mol. The van der Waals surface area contributed by atoms with E-state index >= 15 is 0 Å². The molecule has 1 nitrogen and oxygen atoms in total. The van der Waals surface area contributed by atoms with E-state index in [-0.39, 0.29) is 5.38 Å². The van der Waals surface area contributed by atoms with Crippen LogP contribution >= 0.6 is 11.6 Å². The van der Waals surface area contributed by atoms with Crippen LogP contribution in [-0.2, 0) is 6.42 Å². The summed E-state index contributed by atoms with van der Waals surface area (Å²) in [5.41, 5.74) is 1.41. The van der Waals surface area contributed by atoms with Crippen molar-refractivity contribution in [3.63, 3.8) is 0 Å². The highest BCUT2D eigenvalue weighted by atomic mass is 35.5. The second-order valence-electron chi connectivity index (χ2n) is 4.11. The van der Waals surface area contributed by atoms with E-state index in [0.29, 0.717) is 0 Å². The van der Waals surface area contributed by atoms with Crippen molar-refractivity contribution in [2.45, 2.75) is 25.1 Å². The van der Waals surface area contributed by atoms with E-state index in [1.807, 2.05) is 6.92 Å². The summed E-state index contributed by atoms with van der Waals surface area (Å²) >= 11 is 5.91. The van der Waals surface area contributed by atoms with E-state index in [1.54, 1.807) is 0 Å². The normalized spacial score (nSPS) is 13.1. The number of benzene rings is 1. The number of nitrogens with zero attached hydrogens (tertiary/aromatic N) is 1. The van der Waals surface area contributed by atoms with Crippen molar-refractivity contribution in [3.05, 3.63) is 35.9 Å². The van der Waals surface area contributed by atoms with Crippen LogP contribution in [0.4, 0.5) is 0 Å². The Labute approximate surface area is 98.0 Å². The summed E-state index contributed by atoms with van der Waals surface area (Å²) in [7, 11) is 2.15. The van der Waals surface area contributed by atoms with Gasteiger partial charge in [0.15, 0.2) is 0 Å². The monoisotopic (exact) mass is 225 g/mol. The Hall–Kier alpha value is -0.530. The van der Waals surface area contributed by atoms with Crippen LogP contribution in [-0.4, -0.2) is 30.4 Å². The molecule has 0 saturated carbocycles. The van der Waals surface area contributed by atoms with Gasteiger partial charge in [0.05, 0.1) is 0 Å². The van der Waals surface area contributed by atoms with Gasteiger partial charge in [0.2, 0.25) is 0 Å². The fourth-order valence-electron chi connectivity index (χ4n) is 1.47. The molecule has 0 N–H and O–H groups in total. The van der Waals surface area contributed by atoms with Gasteiger partial charge in [0.1, 0.15) is 0 Å². The molecule has 1 aromatic rings. The van der Waals surface area contributed by atoms with Crippen molar-refractivity contribution in [2.75, 3.05) is 20.1 Å². The Kier molecular flexibility index (Phi) is 5.74. The molecule has 0 fully saturated rings. The molecule has 0 aliphatic heterocycles. The first-order valence-corrected chi connectivity index (χ1v) is 5.98. The maximum Gasteiger partial charge on any atom is 0.0320 e. The third-order valence-corrected chi connectivity index (χ3v) is 2.75. The van der Waals surface area contributed by atoms with Crippen molar-refractivity contribution in [2.24, 2.45) is 0 Å². The van der Waals surface area contributed by atoms with Crippen LogP contribution in [0.25, 0.3) is 0 Å². The minimum absolute atomic E-state index is 0.282. The molecule has 0 heterocycles. The van der Waals surface area contributed by atoms with Gasteiger partial charge in [-0.25, -0.2) is 0 Å². The summed E-state index contributed by atoms with van der Waals surface area (Å²) in [5.74, 6) is 0. The molecule has 0 aliphatic carbocycles. The van der Waals surface area contributed by atoms with Gasteiger partial charge in [-0.3, -0.25) is 0 Å². The number of hydrogen-bond donors (Lipinski definition) is 0. The van der Waals surface area contributed by atoms with Gasteiger partial charge in [0.25, 0.3) is 0 Å². The van der Waals surface area contributed by atoms with Gasteiger partial charge in [-0.15, -0.1) is 11.6 Å². The van der Waals surface area contributed by atoms with Crippen LogP contribution in [0.3, 0.4) is 0 Å². The second kappa shape index (κ2) is 6.86. The molecule has 0 spiro atoms. The topological polar surface area (TPSA) is 3.24 Å². The molecule has 1 aromatic carbocycles. The minimum Gasteiger partial charge on any atom is -0.306 e. The molecule has 2 heteroatoms. The van der Waals surface area contributed by atoms with Crippen LogP contribution in [0.2, 0.25) is 0 Å². The van der Waals surface area contributed by atoms with Crippen LogP contribution < -0.4 is 0 Å². The molecular formula is C13H20ClN. The summed E-state index contributed by atoms with van der Waals surface area (Å²) < 4.78 is 0. The number of halogens is 1. The second-order valence-corrected chi connectivity index (χ2v) is 4.85. The predicted molar refractivity (Wildman–Crippen MR) is 67.6 cm³/mol. The lowest BCUT2D eigenvalue weighted by Gasteiger charge is -2.17. The third-order valence-electron chi connectivity index (χ3n) is 2.53. The van der Waals surface area contributed by atoms with Crippen LogP contribution in [0.5, 0.6) is 0 Å². The molecule has 1 unspecified atom stereocenters. The Balaban J connectivity index is 2.19. The highest BCUT2D eigenvalue weighted by Gasteiger charge is 2.01. The lowest BCUT2D eigenvalue weighted by molar-refractivity contribution is 0.333. The predicted octanol–water partition coefficient (Wildman–Crippen LogP) is 3.18. The highest BCUT2D eigenvalue weighted by molar-refractivity contribution is 6.20. The number of hydrogen-bond acceptors (Lipinski definition) is 1. The van der Waals surface area contributed by atoms with Crippen LogP contribution in [0.1, 0.15) is 18.9 Å². The molecule has 0 radical (unpaired) electrons. The first-order valence-electron chi connectivity index (χ1n) is 5.55. The van der Waals surface area contributed by atoms with Crippen molar-refractivity contribution in [1.82, 2.24) is 4.90 Å². The molecule has 0 bridgehead atoms. The summed E-state index contributed by atoms with van der Waals surface area (Å²) in [4.78, 5) is 2.34. The van der Waals surface area contributed by atoms with Gasteiger partial charge in [-0.05, 0) is 38.9 Å². The first kappa shape index (κ1) is 12.5. The Morgan fingerprint density at radius 3 is 2.47 bits per heavy atom. The fourth-order valence-corrected chi connectivity index (χ4v) is 1.57. The Bertz CT molecular complexity index is 258. The van der Waals surface area contributed by atoms with Crippen LogP contribution in [0, 0.1) is 0 Å². The zero-order valence-electron chi connectivity index (χ0n) is 9.62.